The van der Waals surface area contributed by atoms with Gasteiger partial charge in [0.05, 0.1) is 26.1 Å². The third kappa shape index (κ3) is 6.80. The Morgan fingerprint density at radius 2 is 1.84 bits per heavy atom. The second-order valence-corrected chi connectivity index (χ2v) is 9.07. The van der Waals surface area contributed by atoms with Crippen molar-refractivity contribution in [3.63, 3.8) is 0 Å². The SMILES string of the molecule is CC(C)N1CCN(CC(=O)N2CCO[C@@](COc3ccc(Cl)cc3)(CC(N)=O)C2)CC1. The summed E-state index contributed by atoms with van der Waals surface area (Å²) in [5.41, 5.74) is 4.53. The van der Waals surface area contributed by atoms with Crippen LogP contribution in [0.5, 0.6) is 5.75 Å². The molecule has 1 atom stereocenters. The number of hydrogen-bond acceptors (Lipinski definition) is 6. The van der Waals surface area contributed by atoms with Crippen LogP contribution in [0.1, 0.15) is 20.3 Å². The van der Waals surface area contributed by atoms with E-state index < -0.39 is 11.5 Å². The Kier molecular flexibility index (Phi) is 8.16. The van der Waals surface area contributed by atoms with Gasteiger partial charge in [-0.1, -0.05) is 11.6 Å². The van der Waals surface area contributed by atoms with Crippen LogP contribution < -0.4 is 10.5 Å². The Labute approximate surface area is 189 Å². The van der Waals surface area contributed by atoms with Gasteiger partial charge in [-0.2, -0.15) is 0 Å². The van der Waals surface area contributed by atoms with Gasteiger partial charge in [0.25, 0.3) is 0 Å². The molecule has 2 N–H and O–H groups in total. The van der Waals surface area contributed by atoms with Crippen LogP contribution in [0.25, 0.3) is 0 Å². The molecule has 2 aliphatic heterocycles. The monoisotopic (exact) mass is 452 g/mol. The highest BCUT2D eigenvalue weighted by Crippen LogP contribution is 2.25. The number of ether oxygens (including phenoxy) is 2. The van der Waals surface area contributed by atoms with Crippen molar-refractivity contribution in [2.45, 2.75) is 31.9 Å². The van der Waals surface area contributed by atoms with Crippen LogP contribution in [-0.2, 0) is 14.3 Å². The van der Waals surface area contributed by atoms with Gasteiger partial charge in [-0.05, 0) is 38.1 Å². The fraction of sp³-hybridized carbons (Fsp3) is 0.636. The van der Waals surface area contributed by atoms with E-state index in [1.165, 1.54) is 0 Å². The maximum absolute atomic E-state index is 13.0. The quantitative estimate of drug-likeness (QED) is 0.638. The number of hydrogen-bond donors (Lipinski definition) is 1. The molecule has 2 fully saturated rings. The molecule has 31 heavy (non-hydrogen) atoms. The van der Waals surface area contributed by atoms with Crippen LogP contribution in [0.3, 0.4) is 0 Å². The van der Waals surface area contributed by atoms with Gasteiger partial charge < -0.3 is 20.1 Å². The third-order valence-electron chi connectivity index (χ3n) is 5.91. The zero-order valence-corrected chi connectivity index (χ0v) is 19.1. The van der Waals surface area contributed by atoms with Gasteiger partial charge in [-0.25, -0.2) is 0 Å². The molecule has 2 heterocycles. The van der Waals surface area contributed by atoms with Crippen molar-refractivity contribution in [2.75, 3.05) is 59.0 Å². The zero-order valence-electron chi connectivity index (χ0n) is 18.4. The third-order valence-corrected chi connectivity index (χ3v) is 6.16. The molecule has 2 aliphatic rings. The zero-order chi connectivity index (χ0) is 22.4. The van der Waals surface area contributed by atoms with Crippen LogP contribution >= 0.6 is 11.6 Å². The summed E-state index contributed by atoms with van der Waals surface area (Å²) in [7, 11) is 0. The molecule has 3 rings (SSSR count). The summed E-state index contributed by atoms with van der Waals surface area (Å²) in [4.78, 5) is 31.2. The maximum atomic E-state index is 13.0. The average Bonchev–Trinajstić information content (AvgIpc) is 2.73. The van der Waals surface area contributed by atoms with Crippen LogP contribution in [0.15, 0.2) is 24.3 Å². The number of piperazine rings is 1. The van der Waals surface area contributed by atoms with E-state index in [4.69, 9.17) is 26.8 Å². The lowest BCUT2D eigenvalue weighted by Crippen LogP contribution is -2.59. The Hall–Kier alpha value is -1.87. The largest absolute Gasteiger partial charge is 0.490 e. The van der Waals surface area contributed by atoms with E-state index in [0.717, 1.165) is 26.2 Å². The van der Waals surface area contributed by atoms with Crippen LogP contribution in [-0.4, -0.2) is 97.2 Å². The fourth-order valence-electron chi connectivity index (χ4n) is 4.10. The number of nitrogens with two attached hydrogens (primary N) is 1. The first-order valence-corrected chi connectivity index (χ1v) is 11.2. The molecule has 1 aromatic rings. The van der Waals surface area contributed by atoms with Crippen molar-refractivity contribution >= 4 is 23.4 Å². The van der Waals surface area contributed by atoms with E-state index in [9.17, 15) is 9.59 Å². The van der Waals surface area contributed by atoms with Crippen LogP contribution in [0, 0.1) is 0 Å². The van der Waals surface area contributed by atoms with Gasteiger partial charge in [0, 0.05) is 43.8 Å². The Morgan fingerprint density at radius 3 is 2.45 bits per heavy atom. The molecule has 1 aromatic carbocycles. The smallest absolute Gasteiger partial charge is 0.236 e. The van der Waals surface area contributed by atoms with Crippen molar-refractivity contribution in [2.24, 2.45) is 5.73 Å². The summed E-state index contributed by atoms with van der Waals surface area (Å²) in [5.74, 6) is 0.170. The number of morpholine rings is 1. The molecule has 0 radical (unpaired) electrons. The number of nitrogens with zero attached hydrogens (tertiary/aromatic N) is 3. The topological polar surface area (TPSA) is 88.3 Å². The summed E-state index contributed by atoms with van der Waals surface area (Å²) in [6, 6.07) is 7.49. The minimum absolute atomic E-state index is 0.0164. The number of amides is 2. The van der Waals surface area contributed by atoms with Gasteiger partial charge >= 0.3 is 0 Å². The van der Waals surface area contributed by atoms with Crippen molar-refractivity contribution in [3.05, 3.63) is 29.3 Å². The lowest BCUT2D eigenvalue weighted by atomic mass is 9.97. The van der Waals surface area contributed by atoms with E-state index in [2.05, 4.69) is 23.6 Å². The minimum atomic E-state index is -0.963. The molecule has 0 bridgehead atoms. The lowest BCUT2D eigenvalue weighted by Gasteiger charge is -2.43. The van der Waals surface area contributed by atoms with Crippen molar-refractivity contribution in [1.82, 2.24) is 14.7 Å². The molecule has 2 saturated heterocycles. The van der Waals surface area contributed by atoms with E-state index in [-0.39, 0.29) is 25.5 Å². The fourth-order valence-corrected chi connectivity index (χ4v) is 4.22. The highest BCUT2D eigenvalue weighted by molar-refractivity contribution is 6.30. The number of carbonyl (C=O) groups excluding carboxylic acids is 2. The van der Waals surface area contributed by atoms with E-state index in [1.807, 2.05) is 0 Å². The van der Waals surface area contributed by atoms with Crippen molar-refractivity contribution in [3.8, 4) is 5.75 Å². The molecule has 0 saturated carbocycles. The molecular weight excluding hydrogens is 420 g/mol. The summed E-state index contributed by atoms with van der Waals surface area (Å²) in [6.07, 6.45) is -0.0164. The predicted molar refractivity (Wildman–Crippen MR) is 119 cm³/mol. The Morgan fingerprint density at radius 1 is 1.16 bits per heavy atom. The Bertz CT molecular complexity index is 752. The number of primary amides is 1. The molecule has 0 spiro atoms. The standard InChI is InChI=1S/C22H33ClN4O4/c1-17(2)26-9-7-25(8-10-26)14-21(29)27-11-12-31-22(15-27,13-20(24)28)16-30-19-5-3-18(23)4-6-19/h3-6,17H,7-16H2,1-2H3,(H2,24,28)/t22-/m0/s1. The summed E-state index contributed by atoms with van der Waals surface area (Å²) >= 11 is 5.92. The molecule has 8 nitrogen and oxygen atoms in total. The van der Waals surface area contributed by atoms with Crippen molar-refractivity contribution in [1.29, 1.82) is 0 Å². The Balaban J connectivity index is 1.59. The molecular formula is C22H33ClN4O4. The highest BCUT2D eigenvalue weighted by atomic mass is 35.5. The predicted octanol–water partition coefficient (Wildman–Crippen LogP) is 1.22. The second kappa shape index (κ2) is 10.6. The van der Waals surface area contributed by atoms with E-state index in [1.54, 1.807) is 29.2 Å². The number of rotatable bonds is 8. The molecule has 0 aliphatic carbocycles. The molecule has 0 unspecified atom stereocenters. The van der Waals surface area contributed by atoms with Crippen LogP contribution in [0.2, 0.25) is 5.02 Å². The molecule has 9 heteroatoms. The van der Waals surface area contributed by atoms with Gasteiger partial charge in [-0.15, -0.1) is 0 Å². The second-order valence-electron chi connectivity index (χ2n) is 8.64. The van der Waals surface area contributed by atoms with E-state index in [0.29, 0.717) is 36.5 Å². The number of benzene rings is 1. The first-order valence-electron chi connectivity index (χ1n) is 10.8. The summed E-state index contributed by atoms with van der Waals surface area (Å²) in [6.45, 7) is 9.66. The molecule has 2 amide bonds. The highest BCUT2D eigenvalue weighted by Gasteiger charge is 2.41. The maximum Gasteiger partial charge on any atom is 0.236 e. The minimum Gasteiger partial charge on any atom is -0.490 e. The number of halogens is 1. The normalized spacial score (nSPS) is 23.2. The van der Waals surface area contributed by atoms with Gasteiger partial charge in [0.1, 0.15) is 18.0 Å². The van der Waals surface area contributed by atoms with Gasteiger partial charge in [0.15, 0.2) is 0 Å². The first-order chi connectivity index (χ1) is 14.8. The first kappa shape index (κ1) is 23.8. The summed E-state index contributed by atoms with van der Waals surface area (Å²) < 4.78 is 11.8. The van der Waals surface area contributed by atoms with Gasteiger partial charge in [0.2, 0.25) is 11.8 Å². The average molecular weight is 453 g/mol. The van der Waals surface area contributed by atoms with E-state index >= 15 is 0 Å². The number of carbonyl (C=O) groups is 2. The van der Waals surface area contributed by atoms with Gasteiger partial charge in [-0.3, -0.25) is 19.4 Å². The molecule has 172 valence electrons. The van der Waals surface area contributed by atoms with Crippen LogP contribution in [0.4, 0.5) is 0 Å². The van der Waals surface area contributed by atoms with Crippen molar-refractivity contribution < 1.29 is 19.1 Å². The summed E-state index contributed by atoms with van der Waals surface area (Å²) in [5, 5.41) is 0.610. The molecule has 0 aromatic heterocycles. The lowest BCUT2D eigenvalue weighted by molar-refractivity contribution is -0.162.